The first-order chi connectivity index (χ1) is 7.15. The first-order valence-electron chi connectivity index (χ1n) is 6.36. The molecule has 1 N–H and O–H groups in total. The fourth-order valence-electron chi connectivity index (χ4n) is 2.53. The molecule has 2 nitrogen and oxygen atoms in total. The second-order valence-corrected chi connectivity index (χ2v) is 5.14. The van der Waals surface area contributed by atoms with Gasteiger partial charge in [0.1, 0.15) is 0 Å². The average molecular weight is 211 g/mol. The summed E-state index contributed by atoms with van der Waals surface area (Å²) in [6, 6.07) is 0.0908. The second-order valence-electron chi connectivity index (χ2n) is 5.14. The highest BCUT2D eigenvalue weighted by Gasteiger charge is 2.24. The van der Waals surface area contributed by atoms with Crippen molar-refractivity contribution < 1.29 is 4.79 Å². The summed E-state index contributed by atoms with van der Waals surface area (Å²) in [5, 5.41) is 3.18. The molecule has 0 spiro atoms. The van der Waals surface area contributed by atoms with E-state index in [0.29, 0.717) is 5.78 Å². The Labute approximate surface area is 93.8 Å². The van der Waals surface area contributed by atoms with Crippen LogP contribution in [0.15, 0.2) is 0 Å². The molecule has 0 aromatic rings. The lowest BCUT2D eigenvalue weighted by atomic mass is 9.83. The largest absolute Gasteiger partial charge is 0.311 e. The Morgan fingerprint density at radius 1 is 1.27 bits per heavy atom. The third-order valence-electron chi connectivity index (χ3n) is 3.55. The van der Waals surface area contributed by atoms with E-state index in [1.807, 2.05) is 20.9 Å². The van der Waals surface area contributed by atoms with Gasteiger partial charge in [0.05, 0.1) is 6.04 Å². The topological polar surface area (TPSA) is 29.1 Å². The van der Waals surface area contributed by atoms with E-state index in [-0.39, 0.29) is 12.0 Å². The van der Waals surface area contributed by atoms with Crippen molar-refractivity contribution >= 4 is 5.78 Å². The van der Waals surface area contributed by atoms with E-state index < -0.39 is 0 Å². The van der Waals surface area contributed by atoms with Crippen LogP contribution < -0.4 is 5.32 Å². The van der Waals surface area contributed by atoms with E-state index in [2.05, 4.69) is 5.32 Å². The summed E-state index contributed by atoms with van der Waals surface area (Å²) in [4.78, 5) is 11.9. The van der Waals surface area contributed by atoms with Gasteiger partial charge in [0.2, 0.25) is 0 Å². The quantitative estimate of drug-likeness (QED) is 0.757. The zero-order valence-corrected chi connectivity index (χ0v) is 10.4. The molecular weight excluding hydrogens is 186 g/mol. The van der Waals surface area contributed by atoms with Crippen LogP contribution in [0.5, 0.6) is 0 Å². The maximum Gasteiger partial charge on any atom is 0.152 e. The number of hydrogen-bond acceptors (Lipinski definition) is 2. The van der Waals surface area contributed by atoms with Crippen LogP contribution in [-0.2, 0) is 4.79 Å². The lowest BCUT2D eigenvalue weighted by molar-refractivity contribution is -0.124. The molecule has 0 aromatic carbocycles. The summed E-state index contributed by atoms with van der Waals surface area (Å²) < 4.78 is 0. The highest BCUT2D eigenvalue weighted by Crippen LogP contribution is 2.27. The molecule has 0 saturated heterocycles. The van der Waals surface area contributed by atoms with Gasteiger partial charge in [-0.25, -0.2) is 0 Å². The number of carbonyl (C=O) groups excluding carboxylic acids is 1. The van der Waals surface area contributed by atoms with Crippen molar-refractivity contribution in [1.29, 1.82) is 0 Å². The van der Waals surface area contributed by atoms with Gasteiger partial charge in [-0.05, 0) is 19.4 Å². The molecule has 0 radical (unpaired) electrons. The van der Waals surface area contributed by atoms with Crippen LogP contribution >= 0.6 is 0 Å². The lowest BCUT2D eigenvalue weighted by Crippen LogP contribution is -2.38. The molecule has 1 fully saturated rings. The molecule has 0 aromatic heterocycles. The molecule has 1 aliphatic carbocycles. The fraction of sp³-hybridized carbons (Fsp3) is 0.923. The van der Waals surface area contributed by atoms with Crippen molar-refractivity contribution in [2.75, 3.05) is 7.05 Å². The van der Waals surface area contributed by atoms with Crippen LogP contribution in [0, 0.1) is 11.8 Å². The maximum absolute atomic E-state index is 11.9. The van der Waals surface area contributed by atoms with Crippen LogP contribution in [0.2, 0.25) is 0 Å². The van der Waals surface area contributed by atoms with Crippen molar-refractivity contribution in [3.63, 3.8) is 0 Å². The minimum absolute atomic E-state index is 0.0908. The third kappa shape index (κ3) is 3.94. The third-order valence-corrected chi connectivity index (χ3v) is 3.55. The Hall–Kier alpha value is -0.370. The van der Waals surface area contributed by atoms with E-state index in [1.165, 1.54) is 32.1 Å². The van der Waals surface area contributed by atoms with Gasteiger partial charge >= 0.3 is 0 Å². The lowest BCUT2D eigenvalue weighted by Gasteiger charge is -2.26. The van der Waals surface area contributed by atoms with Crippen LogP contribution in [0.25, 0.3) is 0 Å². The number of hydrogen-bond donors (Lipinski definition) is 1. The molecule has 1 saturated carbocycles. The normalized spacial score (nSPS) is 20.5. The minimum Gasteiger partial charge on any atom is -0.311 e. The van der Waals surface area contributed by atoms with Gasteiger partial charge in [-0.3, -0.25) is 4.79 Å². The number of carbonyl (C=O) groups is 1. The first kappa shape index (κ1) is 12.7. The fourth-order valence-corrected chi connectivity index (χ4v) is 2.53. The smallest absolute Gasteiger partial charge is 0.152 e. The molecule has 1 atom stereocenters. The van der Waals surface area contributed by atoms with Gasteiger partial charge in [-0.2, -0.15) is 0 Å². The monoisotopic (exact) mass is 211 g/mol. The van der Waals surface area contributed by atoms with Gasteiger partial charge in [0.25, 0.3) is 0 Å². The van der Waals surface area contributed by atoms with Crippen LogP contribution in [0.1, 0.15) is 52.4 Å². The van der Waals surface area contributed by atoms with Gasteiger partial charge in [0.15, 0.2) is 5.78 Å². The van der Waals surface area contributed by atoms with Gasteiger partial charge in [-0.15, -0.1) is 0 Å². The van der Waals surface area contributed by atoms with Crippen molar-refractivity contribution in [3.8, 4) is 0 Å². The summed E-state index contributed by atoms with van der Waals surface area (Å²) >= 11 is 0. The summed E-state index contributed by atoms with van der Waals surface area (Å²) in [5.41, 5.74) is 0. The zero-order valence-electron chi connectivity index (χ0n) is 10.4. The summed E-state index contributed by atoms with van der Waals surface area (Å²) in [5.74, 6) is 1.31. The van der Waals surface area contributed by atoms with Crippen LogP contribution in [0.3, 0.4) is 0 Å². The van der Waals surface area contributed by atoms with Crippen molar-refractivity contribution in [1.82, 2.24) is 5.32 Å². The Balaban J connectivity index is 2.41. The van der Waals surface area contributed by atoms with Gasteiger partial charge in [0, 0.05) is 5.92 Å². The molecular formula is C13H25NO. The first-order valence-corrected chi connectivity index (χ1v) is 6.36. The van der Waals surface area contributed by atoms with Crippen LogP contribution in [0.4, 0.5) is 0 Å². The molecule has 1 unspecified atom stereocenters. The zero-order chi connectivity index (χ0) is 11.3. The number of likely N-dealkylation sites (N-methyl/N-ethyl adjacent to an activating group) is 1. The Bertz CT molecular complexity index is 195. The molecule has 15 heavy (non-hydrogen) atoms. The number of nitrogens with one attached hydrogen (secondary N) is 1. The maximum atomic E-state index is 11.9. The second kappa shape index (κ2) is 6.26. The van der Waals surface area contributed by atoms with Gasteiger partial charge in [-0.1, -0.05) is 46.0 Å². The predicted octanol–water partition coefficient (Wildman–Crippen LogP) is 2.77. The predicted molar refractivity (Wildman–Crippen MR) is 63.9 cm³/mol. The molecule has 88 valence electrons. The highest BCUT2D eigenvalue weighted by molar-refractivity contribution is 5.85. The Morgan fingerprint density at radius 2 is 1.87 bits per heavy atom. The summed E-state index contributed by atoms with van der Waals surface area (Å²) in [6.45, 7) is 3.99. The SMILES string of the molecule is CNC(CC1CCCCC1)C(=O)C(C)C. The Morgan fingerprint density at radius 3 is 2.33 bits per heavy atom. The van der Waals surface area contributed by atoms with E-state index in [0.717, 1.165) is 12.3 Å². The van der Waals surface area contributed by atoms with Crippen molar-refractivity contribution in [2.45, 2.75) is 58.4 Å². The number of Topliss-reactive ketones (excluding diaryl/α,β-unsaturated/α-hetero) is 1. The Kier molecular flexibility index (Phi) is 5.30. The van der Waals surface area contributed by atoms with Gasteiger partial charge < -0.3 is 5.32 Å². The standard InChI is InChI=1S/C13H25NO/c1-10(2)13(15)12(14-3)9-11-7-5-4-6-8-11/h10-12,14H,4-9H2,1-3H3. The number of rotatable bonds is 5. The summed E-state index contributed by atoms with van der Waals surface area (Å²) in [6.07, 6.45) is 7.80. The average Bonchev–Trinajstić information content (AvgIpc) is 2.26. The minimum atomic E-state index is 0.0908. The molecule has 0 heterocycles. The van der Waals surface area contributed by atoms with Crippen LogP contribution in [-0.4, -0.2) is 18.9 Å². The molecule has 1 aliphatic rings. The van der Waals surface area contributed by atoms with Crippen molar-refractivity contribution in [2.24, 2.45) is 11.8 Å². The van der Waals surface area contributed by atoms with E-state index in [4.69, 9.17) is 0 Å². The highest BCUT2D eigenvalue weighted by atomic mass is 16.1. The molecule has 0 amide bonds. The van der Waals surface area contributed by atoms with Crippen molar-refractivity contribution in [3.05, 3.63) is 0 Å². The molecule has 0 bridgehead atoms. The summed E-state index contributed by atoms with van der Waals surface area (Å²) in [7, 11) is 1.91. The van der Waals surface area contributed by atoms with E-state index in [9.17, 15) is 4.79 Å². The molecule has 2 heteroatoms. The molecule has 0 aliphatic heterocycles. The van der Waals surface area contributed by atoms with E-state index in [1.54, 1.807) is 0 Å². The number of ketones is 1. The van der Waals surface area contributed by atoms with E-state index >= 15 is 0 Å². The molecule has 1 rings (SSSR count).